The Balaban J connectivity index is 1.63. The molecule has 1 atom stereocenters. The number of nitrogens with zero attached hydrogens (tertiary/aromatic N) is 4. The summed E-state index contributed by atoms with van der Waals surface area (Å²) in [5.74, 6) is 1.33. The van der Waals surface area contributed by atoms with Gasteiger partial charge in [-0.05, 0) is 30.7 Å². The predicted octanol–water partition coefficient (Wildman–Crippen LogP) is 2.76. The lowest BCUT2D eigenvalue weighted by Gasteiger charge is -2.13. The summed E-state index contributed by atoms with van der Waals surface area (Å²) in [7, 11) is 1.70. The molecule has 28 heavy (non-hydrogen) atoms. The van der Waals surface area contributed by atoms with Crippen molar-refractivity contribution in [1.82, 2.24) is 24.9 Å². The summed E-state index contributed by atoms with van der Waals surface area (Å²) < 4.78 is 12.0. The van der Waals surface area contributed by atoms with Crippen molar-refractivity contribution in [3.63, 3.8) is 0 Å². The average Bonchev–Trinajstić information content (AvgIpc) is 3.36. The number of methoxy groups -OCH3 is 1. The number of furan rings is 1. The number of nitrogens with two attached hydrogens (primary N) is 1. The van der Waals surface area contributed by atoms with Crippen molar-refractivity contribution in [1.29, 1.82) is 0 Å². The second kappa shape index (κ2) is 7.79. The van der Waals surface area contributed by atoms with Gasteiger partial charge in [-0.3, -0.25) is 0 Å². The van der Waals surface area contributed by atoms with Gasteiger partial charge in [0.15, 0.2) is 11.4 Å². The summed E-state index contributed by atoms with van der Waals surface area (Å²) in [6, 6.07) is 13.9. The van der Waals surface area contributed by atoms with Crippen LogP contribution < -0.4 is 11.1 Å². The maximum Gasteiger partial charge on any atom is 0.223 e. The summed E-state index contributed by atoms with van der Waals surface area (Å²) in [4.78, 5) is 9.02. The monoisotopic (exact) mass is 378 g/mol. The molecule has 3 N–H and O–H groups in total. The zero-order chi connectivity index (χ0) is 19.5. The van der Waals surface area contributed by atoms with Gasteiger partial charge in [-0.1, -0.05) is 18.2 Å². The van der Waals surface area contributed by atoms with Crippen LogP contribution in [0.25, 0.3) is 28.5 Å². The number of nitrogen functional groups attached to an aromatic ring is 1. The van der Waals surface area contributed by atoms with Crippen LogP contribution in [0.4, 0.5) is 5.95 Å². The minimum absolute atomic E-state index is 0.273. The topological polar surface area (TPSA) is 104 Å². The molecular formula is C20H22N6O2. The quantitative estimate of drug-likeness (QED) is 0.509. The molecule has 0 fully saturated rings. The molecule has 0 aliphatic rings. The number of hydrogen-bond donors (Lipinski definition) is 2. The lowest BCUT2D eigenvalue weighted by molar-refractivity contribution is 0.171. The first-order valence-corrected chi connectivity index (χ1v) is 9.03. The summed E-state index contributed by atoms with van der Waals surface area (Å²) in [6.45, 7) is 3.49. The predicted molar refractivity (Wildman–Crippen MR) is 107 cm³/mol. The average molecular weight is 378 g/mol. The maximum atomic E-state index is 6.12. The number of ether oxygens (including phenoxy) is 1. The third-order valence-corrected chi connectivity index (χ3v) is 4.39. The minimum atomic E-state index is 0.273. The molecule has 1 aromatic carbocycles. The van der Waals surface area contributed by atoms with E-state index < -0.39 is 0 Å². The van der Waals surface area contributed by atoms with E-state index in [9.17, 15) is 0 Å². The van der Waals surface area contributed by atoms with E-state index in [1.165, 1.54) is 4.52 Å². The van der Waals surface area contributed by atoms with Gasteiger partial charge in [-0.2, -0.15) is 4.52 Å². The summed E-state index contributed by atoms with van der Waals surface area (Å²) in [5, 5.41) is 7.81. The van der Waals surface area contributed by atoms with Crippen LogP contribution in [0.2, 0.25) is 0 Å². The van der Waals surface area contributed by atoms with Crippen LogP contribution in [0.5, 0.6) is 0 Å². The van der Waals surface area contributed by atoms with E-state index in [-0.39, 0.29) is 12.0 Å². The molecule has 0 spiro atoms. The van der Waals surface area contributed by atoms with Crippen LogP contribution in [-0.2, 0) is 11.3 Å². The molecular weight excluding hydrogens is 356 g/mol. The zero-order valence-electron chi connectivity index (χ0n) is 15.8. The maximum absolute atomic E-state index is 6.12. The molecule has 0 amide bonds. The zero-order valence-corrected chi connectivity index (χ0v) is 15.8. The van der Waals surface area contributed by atoms with E-state index in [1.807, 2.05) is 18.2 Å². The fraction of sp³-hybridized carbons (Fsp3) is 0.250. The van der Waals surface area contributed by atoms with Crippen LogP contribution in [0.1, 0.15) is 12.5 Å². The Morgan fingerprint density at radius 2 is 2.11 bits per heavy atom. The Kier molecular flexibility index (Phi) is 5.05. The molecule has 8 heteroatoms. The van der Waals surface area contributed by atoms with Gasteiger partial charge in [-0.15, -0.1) is 5.10 Å². The van der Waals surface area contributed by atoms with Gasteiger partial charge in [0.25, 0.3) is 0 Å². The minimum Gasteiger partial charge on any atom is -0.461 e. The highest BCUT2D eigenvalue weighted by molar-refractivity contribution is 5.67. The fourth-order valence-corrected chi connectivity index (χ4v) is 3.01. The van der Waals surface area contributed by atoms with Gasteiger partial charge in [0.1, 0.15) is 0 Å². The Bertz CT molecular complexity index is 1070. The van der Waals surface area contributed by atoms with Crippen LogP contribution in [0.15, 0.2) is 53.1 Å². The number of aromatic nitrogens is 4. The summed E-state index contributed by atoms with van der Waals surface area (Å²) in [6.07, 6.45) is 1.58. The number of fused-ring (bicyclic) bond motifs is 1. The first-order valence-electron chi connectivity index (χ1n) is 9.03. The Morgan fingerprint density at radius 3 is 2.89 bits per heavy atom. The molecule has 8 nitrogen and oxygen atoms in total. The smallest absolute Gasteiger partial charge is 0.223 e. The van der Waals surface area contributed by atoms with Gasteiger partial charge in [-0.25, -0.2) is 9.97 Å². The molecule has 0 radical (unpaired) electrons. The Morgan fingerprint density at radius 1 is 1.21 bits per heavy atom. The molecule has 0 aliphatic carbocycles. The fourth-order valence-electron chi connectivity index (χ4n) is 3.01. The number of hydrogen-bond acceptors (Lipinski definition) is 7. The van der Waals surface area contributed by atoms with E-state index in [0.717, 1.165) is 23.4 Å². The molecule has 0 saturated heterocycles. The van der Waals surface area contributed by atoms with Crippen molar-refractivity contribution in [3.05, 3.63) is 54.3 Å². The molecule has 0 saturated carbocycles. The first-order chi connectivity index (χ1) is 13.6. The second-order valence-electron chi connectivity index (χ2n) is 6.62. The third kappa shape index (κ3) is 3.73. The molecule has 0 aliphatic heterocycles. The van der Waals surface area contributed by atoms with Gasteiger partial charge in [0.2, 0.25) is 11.8 Å². The molecule has 3 aromatic heterocycles. The number of nitrogens with one attached hydrogen (secondary N) is 1. The van der Waals surface area contributed by atoms with Gasteiger partial charge < -0.3 is 20.2 Å². The highest BCUT2D eigenvalue weighted by atomic mass is 16.5. The Hall–Kier alpha value is -3.23. The lowest BCUT2D eigenvalue weighted by Crippen LogP contribution is -2.29. The van der Waals surface area contributed by atoms with Crippen molar-refractivity contribution in [2.75, 3.05) is 19.5 Å². The normalized spacial score (nSPS) is 12.5. The van der Waals surface area contributed by atoms with Gasteiger partial charge >= 0.3 is 0 Å². The number of anilines is 1. The van der Waals surface area contributed by atoms with Crippen molar-refractivity contribution in [2.24, 2.45) is 0 Å². The van der Waals surface area contributed by atoms with E-state index in [0.29, 0.717) is 23.8 Å². The SMILES string of the molecule is COCC(C)NCc1cccc(-c2cc3nc(-c4ccco4)nn3c(N)n2)c1. The van der Waals surface area contributed by atoms with Gasteiger partial charge in [0.05, 0.1) is 18.6 Å². The molecule has 144 valence electrons. The van der Waals surface area contributed by atoms with Crippen LogP contribution >= 0.6 is 0 Å². The summed E-state index contributed by atoms with van der Waals surface area (Å²) >= 11 is 0. The van der Waals surface area contributed by atoms with Crippen molar-refractivity contribution >= 4 is 11.6 Å². The van der Waals surface area contributed by atoms with Gasteiger partial charge in [0, 0.05) is 31.3 Å². The van der Waals surface area contributed by atoms with E-state index in [1.54, 1.807) is 25.5 Å². The number of benzene rings is 1. The Labute approximate surface area is 162 Å². The standard InChI is InChI=1S/C20H22N6O2/c1-13(12-27-2)22-11-14-5-3-6-15(9-14)16-10-18-24-19(17-7-4-8-28-17)25-26(18)20(21)23-16/h3-10,13,22H,11-12H2,1-2H3,(H2,21,23). The van der Waals surface area contributed by atoms with Crippen LogP contribution in [-0.4, -0.2) is 39.3 Å². The van der Waals surface area contributed by atoms with Crippen LogP contribution in [0, 0.1) is 0 Å². The molecule has 3 heterocycles. The lowest BCUT2D eigenvalue weighted by atomic mass is 10.1. The highest BCUT2D eigenvalue weighted by Gasteiger charge is 2.13. The van der Waals surface area contributed by atoms with E-state index >= 15 is 0 Å². The van der Waals surface area contributed by atoms with Crippen molar-refractivity contribution in [2.45, 2.75) is 19.5 Å². The largest absolute Gasteiger partial charge is 0.461 e. The van der Waals surface area contributed by atoms with Crippen LogP contribution in [0.3, 0.4) is 0 Å². The molecule has 0 bridgehead atoms. The molecule has 4 aromatic rings. The number of rotatable bonds is 7. The first kappa shape index (κ1) is 18.1. The van der Waals surface area contributed by atoms with E-state index in [4.69, 9.17) is 14.9 Å². The highest BCUT2D eigenvalue weighted by Crippen LogP contribution is 2.23. The molecule has 4 rings (SSSR count). The molecule has 1 unspecified atom stereocenters. The second-order valence-corrected chi connectivity index (χ2v) is 6.62. The third-order valence-electron chi connectivity index (χ3n) is 4.39. The van der Waals surface area contributed by atoms with E-state index in [2.05, 4.69) is 39.4 Å². The van der Waals surface area contributed by atoms with Crippen molar-refractivity contribution in [3.8, 4) is 22.8 Å². The summed E-state index contributed by atoms with van der Waals surface area (Å²) in [5.41, 5.74) is 9.61. The van der Waals surface area contributed by atoms with Crippen molar-refractivity contribution < 1.29 is 9.15 Å².